The quantitative estimate of drug-likeness (QED) is 0.142. The Morgan fingerprint density at radius 1 is 0.703 bits per heavy atom. The van der Waals surface area contributed by atoms with Gasteiger partial charge in [-0.25, -0.2) is 4.70 Å². The van der Waals surface area contributed by atoms with Gasteiger partial charge >= 0.3 is 0 Å². The maximum atomic E-state index is 11.7. The lowest BCUT2D eigenvalue weighted by Crippen LogP contribution is -2.03. The van der Waals surface area contributed by atoms with Crippen molar-refractivity contribution in [1.82, 2.24) is 0 Å². The number of hydrogen-bond acceptors (Lipinski definition) is 0. The van der Waals surface area contributed by atoms with Gasteiger partial charge in [-0.05, 0) is 68.9 Å². The van der Waals surface area contributed by atoms with Crippen LogP contribution in [0.1, 0.15) is 120 Å². The van der Waals surface area contributed by atoms with Gasteiger partial charge in [-0.2, -0.15) is 0 Å². The van der Waals surface area contributed by atoms with Crippen LogP contribution in [-0.2, 0) is 6.42 Å². The highest BCUT2D eigenvalue weighted by molar-refractivity contribution is 5.85. The molecule has 0 radical (unpaired) electrons. The maximum Gasteiger partial charge on any atom is 0.223 e. The molecule has 2 heteroatoms. The lowest BCUT2D eigenvalue weighted by Gasteiger charge is -2.11. The second-order valence-electron chi connectivity index (χ2n) is 10.5. The molecule has 3 rings (SSSR count). The monoisotopic (exact) mass is 494 g/mol. The molecule has 0 saturated heterocycles. The van der Waals surface area contributed by atoms with E-state index < -0.39 is 0 Å². The molecule has 0 spiro atoms. The molecule has 2 aromatic carbocycles. The standard InChI is InChI=1S/C35H46N2/c1-5-8-11-12-13-16-20-29-21-18-23-31(27-29)35-33(25-15-10-7-3)32(24-14-9-6-2)34(37(35)36)30-22-17-19-28(4)26-30/h17-19,21-23,26-27H,5-14,16,20,24H2,1-4H3. The minimum absolute atomic E-state index is 0.844. The summed E-state index contributed by atoms with van der Waals surface area (Å²) in [5.74, 6) is 6.91. The van der Waals surface area contributed by atoms with E-state index in [0.717, 1.165) is 60.2 Å². The fourth-order valence-corrected chi connectivity index (χ4v) is 5.15. The van der Waals surface area contributed by atoms with E-state index in [1.807, 2.05) is 0 Å². The number of nitrogens with zero attached hydrogens (tertiary/aromatic N) is 2. The molecule has 0 aromatic heterocycles. The summed E-state index contributed by atoms with van der Waals surface area (Å²) in [6.07, 6.45) is 15.1. The predicted octanol–water partition coefficient (Wildman–Crippen LogP) is 10.5. The summed E-state index contributed by atoms with van der Waals surface area (Å²) in [4.78, 5) is 0. The third-order valence-electron chi connectivity index (χ3n) is 7.18. The second-order valence-corrected chi connectivity index (χ2v) is 10.5. The van der Waals surface area contributed by atoms with Crippen LogP contribution in [0.3, 0.4) is 0 Å². The molecule has 196 valence electrons. The maximum absolute atomic E-state index is 11.7. The molecule has 0 saturated carbocycles. The van der Waals surface area contributed by atoms with Crippen LogP contribution in [0, 0.1) is 18.8 Å². The van der Waals surface area contributed by atoms with E-state index in [2.05, 4.69) is 88.1 Å². The lowest BCUT2D eigenvalue weighted by molar-refractivity contribution is -0.345. The smallest absolute Gasteiger partial charge is 0.223 e. The average molecular weight is 495 g/mol. The largest absolute Gasteiger partial charge is 0.493 e. The zero-order valence-corrected chi connectivity index (χ0v) is 23.7. The van der Waals surface area contributed by atoms with Crippen LogP contribution in [0.5, 0.6) is 0 Å². The van der Waals surface area contributed by atoms with E-state index in [1.54, 1.807) is 0 Å². The molecule has 0 fully saturated rings. The highest BCUT2D eigenvalue weighted by Gasteiger charge is 2.35. The Hall–Kier alpha value is -2.92. The Labute approximate surface area is 226 Å². The van der Waals surface area contributed by atoms with E-state index in [9.17, 15) is 5.53 Å². The molecule has 1 heterocycles. The Balaban J connectivity index is 1.99. The molecule has 0 unspecified atom stereocenters. The summed E-state index contributed by atoms with van der Waals surface area (Å²) in [6, 6.07) is 17.2. The first-order valence-electron chi connectivity index (χ1n) is 14.7. The normalized spacial score (nSPS) is 13.4. The van der Waals surface area contributed by atoms with Crippen molar-refractivity contribution in [2.45, 2.75) is 111 Å². The molecule has 0 amide bonds. The summed E-state index contributed by atoms with van der Waals surface area (Å²) in [5.41, 5.74) is 20.3. The van der Waals surface area contributed by atoms with E-state index >= 15 is 0 Å². The van der Waals surface area contributed by atoms with Gasteiger partial charge in [0.1, 0.15) is 5.57 Å². The molecular weight excluding hydrogens is 448 g/mol. The molecule has 1 aliphatic heterocycles. The first kappa shape index (κ1) is 28.6. The Morgan fingerprint density at radius 2 is 1.35 bits per heavy atom. The van der Waals surface area contributed by atoms with Crippen molar-refractivity contribution in [2.75, 3.05) is 0 Å². The van der Waals surface area contributed by atoms with Gasteiger partial charge < -0.3 is 5.53 Å². The van der Waals surface area contributed by atoms with Gasteiger partial charge in [0.15, 0.2) is 0 Å². The van der Waals surface area contributed by atoms with E-state index in [-0.39, 0.29) is 0 Å². The van der Waals surface area contributed by atoms with Gasteiger partial charge in [-0.15, -0.1) is 0 Å². The van der Waals surface area contributed by atoms with Crippen LogP contribution in [0.2, 0.25) is 0 Å². The van der Waals surface area contributed by atoms with Gasteiger partial charge in [-0.3, -0.25) is 0 Å². The van der Waals surface area contributed by atoms with Crippen LogP contribution >= 0.6 is 0 Å². The van der Waals surface area contributed by atoms with Crippen molar-refractivity contribution in [3.8, 4) is 11.8 Å². The van der Waals surface area contributed by atoms with Gasteiger partial charge in [0.05, 0.1) is 0 Å². The number of aryl methyl sites for hydroxylation is 2. The van der Waals surface area contributed by atoms with E-state index in [4.69, 9.17) is 0 Å². The molecular formula is C35H46N2. The molecule has 0 bridgehead atoms. The van der Waals surface area contributed by atoms with Crippen LogP contribution < -0.4 is 0 Å². The minimum atomic E-state index is 0.844. The SMILES string of the molecule is CCCC#CC1=C(c2cccc(CCCCCCCC)c2)[N+](=[N-])C(c2cccc(C)c2)=C1CCCCC. The third-order valence-corrected chi connectivity index (χ3v) is 7.18. The number of rotatable bonds is 14. The summed E-state index contributed by atoms with van der Waals surface area (Å²) < 4.78 is 1.44. The molecule has 2 nitrogen and oxygen atoms in total. The van der Waals surface area contributed by atoms with Crippen molar-refractivity contribution in [3.05, 3.63) is 87.5 Å². The van der Waals surface area contributed by atoms with Crippen LogP contribution in [-0.4, -0.2) is 4.70 Å². The van der Waals surface area contributed by atoms with Crippen molar-refractivity contribution < 1.29 is 4.70 Å². The van der Waals surface area contributed by atoms with Crippen molar-refractivity contribution in [1.29, 1.82) is 0 Å². The highest BCUT2D eigenvalue weighted by atomic mass is 15.2. The first-order chi connectivity index (χ1) is 18.1. The minimum Gasteiger partial charge on any atom is -0.493 e. The fourth-order valence-electron chi connectivity index (χ4n) is 5.15. The Kier molecular flexibility index (Phi) is 11.9. The topological polar surface area (TPSA) is 25.3 Å². The van der Waals surface area contributed by atoms with E-state index in [1.165, 1.54) is 72.8 Å². The van der Waals surface area contributed by atoms with Crippen LogP contribution in [0.15, 0.2) is 59.7 Å². The van der Waals surface area contributed by atoms with Gasteiger partial charge in [0.2, 0.25) is 11.4 Å². The summed E-state index contributed by atoms with van der Waals surface area (Å²) in [5, 5.41) is 0. The predicted molar refractivity (Wildman–Crippen MR) is 159 cm³/mol. The van der Waals surface area contributed by atoms with E-state index in [0.29, 0.717) is 0 Å². The van der Waals surface area contributed by atoms with Gasteiger partial charge in [0.25, 0.3) is 0 Å². The van der Waals surface area contributed by atoms with Crippen molar-refractivity contribution in [2.24, 2.45) is 0 Å². The van der Waals surface area contributed by atoms with Crippen LogP contribution in [0.4, 0.5) is 0 Å². The van der Waals surface area contributed by atoms with Crippen molar-refractivity contribution in [3.63, 3.8) is 0 Å². The lowest BCUT2D eigenvalue weighted by atomic mass is 9.94. The summed E-state index contributed by atoms with van der Waals surface area (Å²) in [6.45, 7) is 8.78. The number of hydrogen-bond donors (Lipinski definition) is 0. The van der Waals surface area contributed by atoms with Crippen LogP contribution in [0.25, 0.3) is 16.9 Å². The zero-order valence-electron chi connectivity index (χ0n) is 23.7. The highest BCUT2D eigenvalue weighted by Crippen LogP contribution is 2.42. The average Bonchev–Trinajstić information content (AvgIpc) is 3.17. The molecule has 0 atom stereocenters. The summed E-state index contributed by atoms with van der Waals surface area (Å²) >= 11 is 0. The Bertz CT molecular complexity index is 1170. The number of allylic oxidation sites excluding steroid dienone is 2. The Morgan fingerprint density at radius 3 is 2.08 bits per heavy atom. The van der Waals surface area contributed by atoms with Gasteiger partial charge in [0, 0.05) is 23.1 Å². The molecule has 1 aliphatic rings. The molecule has 0 N–H and O–H groups in total. The zero-order chi connectivity index (χ0) is 26.5. The molecule has 37 heavy (non-hydrogen) atoms. The summed E-state index contributed by atoms with van der Waals surface area (Å²) in [7, 11) is 0. The third kappa shape index (κ3) is 8.03. The van der Waals surface area contributed by atoms with Crippen molar-refractivity contribution >= 4 is 11.4 Å². The second kappa shape index (κ2) is 15.4. The number of unbranched alkanes of at least 4 members (excludes halogenated alkanes) is 8. The molecule has 2 aromatic rings. The number of benzene rings is 2. The molecule has 0 aliphatic carbocycles. The van der Waals surface area contributed by atoms with Gasteiger partial charge in [-0.1, -0.05) is 107 Å². The first-order valence-corrected chi connectivity index (χ1v) is 14.7. The fraction of sp³-hybridized carbons (Fsp3) is 0.486.